The Kier molecular flexibility index (Phi) is 4.43. The zero-order valence-corrected chi connectivity index (χ0v) is 12.3. The summed E-state index contributed by atoms with van der Waals surface area (Å²) < 4.78 is 2.12. The van der Waals surface area contributed by atoms with Gasteiger partial charge in [0.05, 0.1) is 11.0 Å². The Morgan fingerprint density at radius 1 is 1.32 bits per heavy atom. The number of benzene rings is 1. The number of aromatic nitrogens is 2. The number of rotatable bonds is 6. The number of nitrogens with one attached hydrogen (secondary N) is 2. The van der Waals surface area contributed by atoms with Crippen molar-refractivity contribution in [1.82, 2.24) is 14.9 Å². The van der Waals surface area contributed by atoms with Crippen LogP contribution in [0.1, 0.15) is 19.2 Å². The SMILES string of the molecule is CCC(CNC)CNc1ccc2c(c1)nc(C)n2C. The molecule has 0 spiro atoms. The molecule has 2 N–H and O–H groups in total. The van der Waals surface area contributed by atoms with Gasteiger partial charge < -0.3 is 15.2 Å². The molecule has 1 unspecified atom stereocenters. The van der Waals surface area contributed by atoms with Crippen LogP contribution in [0.4, 0.5) is 5.69 Å². The van der Waals surface area contributed by atoms with Crippen LogP contribution in [0, 0.1) is 12.8 Å². The summed E-state index contributed by atoms with van der Waals surface area (Å²) in [6.07, 6.45) is 1.18. The van der Waals surface area contributed by atoms with E-state index in [2.05, 4.69) is 52.4 Å². The van der Waals surface area contributed by atoms with Gasteiger partial charge in [-0.25, -0.2) is 4.98 Å². The van der Waals surface area contributed by atoms with Crippen LogP contribution < -0.4 is 10.6 Å². The average Bonchev–Trinajstić information content (AvgIpc) is 2.69. The zero-order valence-electron chi connectivity index (χ0n) is 12.3. The summed E-state index contributed by atoms with van der Waals surface area (Å²) in [5.74, 6) is 1.71. The van der Waals surface area contributed by atoms with Crippen molar-refractivity contribution < 1.29 is 0 Å². The van der Waals surface area contributed by atoms with E-state index in [0.717, 1.165) is 30.1 Å². The fourth-order valence-electron chi connectivity index (χ4n) is 2.34. The largest absolute Gasteiger partial charge is 0.385 e. The van der Waals surface area contributed by atoms with Gasteiger partial charge in [0.15, 0.2) is 0 Å². The fourth-order valence-corrected chi connectivity index (χ4v) is 2.34. The molecule has 0 saturated heterocycles. The molecule has 0 bridgehead atoms. The summed E-state index contributed by atoms with van der Waals surface area (Å²) >= 11 is 0. The molecule has 1 aromatic heterocycles. The van der Waals surface area contributed by atoms with Crippen molar-refractivity contribution in [1.29, 1.82) is 0 Å². The second-order valence-corrected chi connectivity index (χ2v) is 5.13. The van der Waals surface area contributed by atoms with Crippen molar-refractivity contribution in [2.45, 2.75) is 20.3 Å². The van der Waals surface area contributed by atoms with Crippen LogP contribution in [0.5, 0.6) is 0 Å². The standard InChI is InChI=1S/C15H24N4/c1-5-12(9-16-3)10-17-13-6-7-15-14(8-13)18-11(2)19(15)4/h6-8,12,16-17H,5,9-10H2,1-4H3. The third kappa shape index (κ3) is 3.07. The molecule has 2 aromatic rings. The molecule has 1 aromatic carbocycles. The Balaban J connectivity index is 2.09. The van der Waals surface area contributed by atoms with Crippen molar-refractivity contribution in [2.24, 2.45) is 13.0 Å². The molecule has 4 nitrogen and oxygen atoms in total. The summed E-state index contributed by atoms with van der Waals surface area (Å²) in [7, 11) is 4.06. The highest BCUT2D eigenvalue weighted by Gasteiger charge is 2.07. The Morgan fingerprint density at radius 2 is 2.11 bits per heavy atom. The highest BCUT2D eigenvalue weighted by Crippen LogP contribution is 2.19. The van der Waals surface area contributed by atoms with E-state index in [9.17, 15) is 0 Å². The number of imidazole rings is 1. The van der Waals surface area contributed by atoms with Crippen molar-refractivity contribution in [3.05, 3.63) is 24.0 Å². The monoisotopic (exact) mass is 260 g/mol. The minimum atomic E-state index is 0.658. The molecular formula is C15H24N4. The Hall–Kier alpha value is -1.55. The number of fused-ring (bicyclic) bond motifs is 1. The maximum absolute atomic E-state index is 4.57. The lowest BCUT2D eigenvalue weighted by Gasteiger charge is -2.16. The number of hydrogen-bond acceptors (Lipinski definition) is 3. The summed E-state index contributed by atoms with van der Waals surface area (Å²) in [5, 5.41) is 6.75. The van der Waals surface area contributed by atoms with Crippen LogP contribution in [-0.2, 0) is 7.05 Å². The highest BCUT2D eigenvalue weighted by molar-refractivity contribution is 5.80. The minimum Gasteiger partial charge on any atom is -0.385 e. The number of hydrogen-bond donors (Lipinski definition) is 2. The molecule has 2 rings (SSSR count). The van der Waals surface area contributed by atoms with E-state index in [1.54, 1.807) is 0 Å². The number of nitrogens with zero attached hydrogens (tertiary/aromatic N) is 2. The van der Waals surface area contributed by atoms with E-state index in [0.29, 0.717) is 5.92 Å². The van der Waals surface area contributed by atoms with Gasteiger partial charge >= 0.3 is 0 Å². The van der Waals surface area contributed by atoms with E-state index in [4.69, 9.17) is 0 Å². The van der Waals surface area contributed by atoms with Crippen molar-refractivity contribution >= 4 is 16.7 Å². The topological polar surface area (TPSA) is 41.9 Å². The van der Waals surface area contributed by atoms with Crippen molar-refractivity contribution in [2.75, 3.05) is 25.5 Å². The van der Waals surface area contributed by atoms with Gasteiger partial charge in [-0.3, -0.25) is 0 Å². The minimum absolute atomic E-state index is 0.658. The van der Waals surface area contributed by atoms with Gasteiger partial charge in [0, 0.05) is 19.3 Å². The highest BCUT2D eigenvalue weighted by atomic mass is 15.1. The van der Waals surface area contributed by atoms with E-state index in [1.807, 2.05) is 14.0 Å². The van der Waals surface area contributed by atoms with Crippen LogP contribution in [0.15, 0.2) is 18.2 Å². The van der Waals surface area contributed by atoms with E-state index in [1.165, 1.54) is 11.9 Å². The van der Waals surface area contributed by atoms with Gasteiger partial charge in [-0.2, -0.15) is 0 Å². The summed E-state index contributed by atoms with van der Waals surface area (Å²) in [4.78, 5) is 4.57. The second kappa shape index (κ2) is 6.06. The summed E-state index contributed by atoms with van der Waals surface area (Å²) in [6.45, 7) is 6.31. The van der Waals surface area contributed by atoms with E-state index in [-0.39, 0.29) is 0 Å². The molecule has 0 fully saturated rings. The summed E-state index contributed by atoms with van der Waals surface area (Å²) in [5.41, 5.74) is 3.40. The Bertz CT molecular complexity index is 544. The third-order valence-electron chi connectivity index (χ3n) is 3.77. The molecule has 19 heavy (non-hydrogen) atoms. The third-order valence-corrected chi connectivity index (χ3v) is 3.77. The first-order valence-corrected chi connectivity index (χ1v) is 6.97. The van der Waals surface area contributed by atoms with Crippen LogP contribution in [0.25, 0.3) is 11.0 Å². The second-order valence-electron chi connectivity index (χ2n) is 5.13. The maximum Gasteiger partial charge on any atom is 0.106 e. The predicted octanol–water partition coefficient (Wildman–Crippen LogP) is 2.54. The number of aryl methyl sites for hydroxylation is 2. The Morgan fingerprint density at radius 3 is 2.79 bits per heavy atom. The maximum atomic E-state index is 4.57. The molecule has 0 amide bonds. The van der Waals surface area contributed by atoms with E-state index < -0.39 is 0 Å². The lowest BCUT2D eigenvalue weighted by Crippen LogP contribution is -2.24. The van der Waals surface area contributed by atoms with Crippen LogP contribution >= 0.6 is 0 Å². The molecule has 0 aliphatic rings. The average molecular weight is 260 g/mol. The van der Waals surface area contributed by atoms with Gasteiger partial charge in [0.1, 0.15) is 5.82 Å². The van der Waals surface area contributed by atoms with Crippen LogP contribution in [0.2, 0.25) is 0 Å². The van der Waals surface area contributed by atoms with Crippen LogP contribution in [-0.4, -0.2) is 29.7 Å². The van der Waals surface area contributed by atoms with Gasteiger partial charge in [-0.15, -0.1) is 0 Å². The zero-order chi connectivity index (χ0) is 13.8. The molecule has 1 heterocycles. The molecule has 0 aliphatic heterocycles. The first kappa shape index (κ1) is 13.9. The van der Waals surface area contributed by atoms with Gasteiger partial charge in [0.2, 0.25) is 0 Å². The normalized spacial score (nSPS) is 12.8. The van der Waals surface area contributed by atoms with Gasteiger partial charge in [0.25, 0.3) is 0 Å². The van der Waals surface area contributed by atoms with Crippen LogP contribution in [0.3, 0.4) is 0 Å². The molecule has 4 heteroatoms. The fraction of sp³-hybridized carbons (Fsp3) is 0.533. The van der Waals surface area contributed by atoms with Gasteiger partial charge in [-0.05, 0) is 44.6 Å². The molecule has 1 atom stereocenters. The molecule has 104 valence electrons. The smallest absolute Gasteiger partial charge is 0.106 e. The molecule has 0 aliphatic carbocycles. The molecule has 0 radical (unpaired) electrons. The first-order valence-electron chi connectivity index (χ1n) is 6.97. The first-order chi connectivity index (χ1) is 9.15. The van der Waals surface area contributed by atoms with Crippen molar-refractivity contribution in [3.8, 4) is 0 Å². The molecular weight excluding hydrogens is 236 g/mol. The Labute approximate surface area is 115 Å². The van der Waals surface area contributed by atoms with Crippen molar-refractivity contribution in [3.63, 3.8) is 0 Å². The quantitative estimate of drug-likeness (QED) is 0.838. The summed E-state index contributed by atoms with van der Waals surface area (Å²) in [6, 6.07) is 6.40. The molecule has 0 saturated carbocycles. The lowest BCUT2D eigenvalue weighted by molar-refractivity contribution is 0.507. The lowest BCUT2D eigenvalue weighted by atomic mass is 10.1. The number of anilines is 1. The predicted molar refractivity (Wildman–Crippen MR) is 81.6 cm³/mol. The van der Waals surface area contributed by atoms with E-state index >= 15 is 0 Å². The van der Waals surface area contributed by atoms with Gasteiger partial charge in [-0.1, -0.05) is 13.3 Å².